The molecular weight excluding hydrogens is 408 g/mol. The first-order valence-corrected chi connectivity index (χ1v) is 8.52. The van der Waals surface area contributed by atoms with Crippen LogP contribution in [0.5, 0.6) is 0 Å². The second-order valence-corrected chi connectivity index (χ2v) is 6.90. The van der Waals surface area contributed by atoms with Crippen molar-refractivity contribution >= 4 is 27.6 Å². The molecule has 1 unspecified atom stereocenters. The zero-order chi connectivity index (χ0) is 19.0. The van der Waals surface area contributed by atoms with Crippen molar-refractivity contribution in [1.82, 2.24) is 4.90 Å². The second kappa shape index (κ2) is 6.99. The van der Waals surface area contributed by atoms with Crippen LogP contribution in [-0.4, -0.2) is 21.7 Å². The van der Waals surface area contributed by atoms with Gasteiger partial charge in [-0.05, 0) is 42.3 Å². The smallest absolute Gasteiger partial charge is 0.290 e. The lowest BCUT2D eigenvalue weighted by Gasteiger charge is -2.26. The van der Waals surface area contributed by atoms with E-state index in [1.807, 2.05) is 0 Å². The number of nitrogens with zero attached hydrogens (tertiary/aromatic N) is 1. The number of aliphatic hydroxyl groups excluding tert-OH is 1. The Morgan fingerprint density at radius 3 is 2.27 bits per heavy atom. The van der Waals surface area contributed by atoms with E-state index in [9.17, 15) is 23.5 Å². The van der Waals surface area contributed by atoms with E-state index in [1.165, 1.54) is 11.8 Å². The van der Waals surface area contributed by atoms with E-state index in [0.717, 1.165) is 22.7 Å². The van der Waals surface area contributed by atoms with Crippen LogP contribution in [-0.2, 0) is 16.1 Å². The molecule has 2 aromatic rings. The highest BCUT2D eigenvalue weighted by atomic mass is 79.9. The minimum Gasteiger partial charge on any atom is -0.503 e. The maximum absolute atomic E-state index is 13.5. The maximum Gasteiger partial charge on any atom is 0.290 e. The maximum atomic E-state index is 13.5. The van der Waals surface area contributed by atoms with Gasteiger partial charge < -0.3 is 10.0 Å². The molecule has 0 bridgehead atoms. The van der Waals surface area contributed by atoms with Crippen LogP contribution in [0.3, 0.4) is 0 Å². The highest BCUT2D eigenvalue weighted by molar-refractivity contribution is 9.10. The van der Waals surface area contributed by atoms with Gasteiger partial charge >= 0.3 is 0 Å². The summed E-state index contributed by atoms with van der Waals surface area (Å²) in [5.41, 5.74) is 0.789. The lowest BCUT2D eigenvalue weighted by atomic mass is 9.96. The lowest BCUT2D eigenvalue weighted by molar-refractivity contribution is -0.130. The summed E-state index contributed by atoms with van der Waals surface area (Å²) in [5.74, 6) is -3.38. The Bertz CT molecular complexity index is 905. The van der Waals surface area contributed by atoms with Crippen LogP contribution in [0, 0.1) is 11.6 Å². The molecular formula is C19H14BrF2NO3. The molecule has 134 valence electrons. The summed E-state index contributed by atoms with van der Waals surface area (Å²) in [7, 11) is 0. The van der Waals surface area contributed by atoms with Crippen molar-refractivity contribution in [2.75, 3.05) is 0 Å². The van der Waals surface area contributed by atoms with Crippen molar-refractivity contribution in [2.24, 2.45) is 0 Å². The van der Waals surface area contributed by atoms with E-state index in [-0.39, 0.29) is 17.7 Å². The fourth-order valence-electron chi connectivity index (χ4n) is 3.07. The molecule has 2 aromatic carbocycles. The fourth-order valence-corrected chi connectivity index (χ4v) is 3.33. The molecule has 1 aliphatic heterocycles. The van der Waals surface area contributed by atoms with E-state index in [1.54, 1.807) is 24.3 Å². The third-order valence-corrected chi connectivity index (χ3v) is 4.67. The van der Waals surface area contributed by atoms with Gasteiger partial charge in [0.15, 0.2) is 11.5 Å². The average molecular weight is 422 g/mol. The average Bonchev–Trinajstić information content (AvgIpc) is 2.80. The molecule has 0 spiro atoms. The van der Waals surface area contributed by atoms with Crippen molar-refractivity contribution in [3.05, 3.63) is 81.0 Å². The van der Waals surface area contributed by atoms with Crippen LogP contribution in [0.2, 0.25) is 0 Å². The van der Waals surface area contributed by atoms with Gasteiger partial charge in [-0.3, -0.25) is 9.59 Å². The van der Waals surface area contributed by atoms with Gasteiger partial charge in [0.2, 0.25) is 0 Å². The van der Waals surface area contributed by atoms with Gasteiger partial charge in [0.1, 0.15) is 11.6 Å². The Kier molecular flexibility index (Phi) is 4.91. The SMILES string of the molecule is CC(=O)C1=C(O)C(=O)N(Cc2cc(F)cc(F)c2)C1c1ccc(Br)cc1. The topological polar surface area (TPSA) is 57.6 Å². The zero-order valence-corrected chi connectivity index (χ0v) is 15.3. The summed E-state index contributed by atoms with van der Waals surface area (Å²) in [4.78, 5) is 25.8. The Hall–Kier alpha value is -2.54. The number of hydrogen-bond donors (Lipinski definition) is 1. The zero-order valence-electron chi connectivity index (χ0n) is 13.7. The number of carbonyl (C=O) groups is 2. The van der Waals surface area contributed by atoms with E-state index < -0.39 is 35.1 Å². The first-order valence-electron chi connectivity index (χ1n) is 7.73. The number of carbonyl (C=O) groups excluding carboxylic acids is 2. The highest BCUT2D eigenvalue weighted by Gasteiger charge is 2.42. The van der Waals surface area contributed by atoms with Gasteiger partial charge in [0, 0.05) is 17.1 Å². The molecule has 0 aliphatic carbocycles. The molecule has 0 aromatic heterocycles. The minimum atomic E-state index is -0.834. The molecule has 0 saturated carbocycles. The molecule has 1 heterocycles. The van der Waals surface area contributed by atoms with Crippen LogP contribution in [0.15, 0.2) is 58.3 Å². The molecule has 3 rings (SSSR count). The van der Waals surface area contributed by atoms with Gasteiger partial charge in [0.05, 0.1) is 11.6 Å². The Morgan fingerprint density at radius 1 is 1.15 bits per heavy atom. The third-order valence-electron chi connectivity index (χ3n) is 4.14. The largest absolute Gasteiger partial charge is 0.503 e. The van der Waals surface area contributed by atoms with Crippen molar-refractivity contribution in [1.29, 1.82) is 0 Å². The van der Waals surface area contributed by atoms with Crippen LogP contribution in [0.4, 0.5) is 8.78 Å². The molecule has 26 heavy (non-hydrogen) atoms. The number of aliphatic hydroxyl groups is 1. The summed E-state index contributed by atoms with van der Waals surface area (Å²) in [6.45, 7) is 1.10. The van der Waals surface area contributed by atoms with E-state index in [2.05, 4.69) is 15.9 Å². The number of benzene rings is 2. The standard InChI is InChI=1S/C19H14BrF2NO3/c1-10(24)16-17(12-2-4-13(20)5-3-12)23(19(26)18(16)25)9-11-6-14(21)8-15(22)7-11/h2-8,17,25H,9H2,1H3. The predicted octanol–water partition coefficient (Wildman–Crippen LogP) is 4.21. The quantitative estimate of drug-likeness (QED) is 0.803. The first-order chi connectivity index (χ1) is 12.3. The Balaban J connectivity index is 2.05. The second-order valence-electron chi connectivity index (χ2n) is 5.98. The number of amides is 1. The predicted molar refractivity (Wildman–Crippen MR) is 94.1 cm³/mol. The molecule has 1 N–H and O–H groups in total. The van der Waals surface area contributed by atoms with Crippen molar-refractivity contribution in [3.63, 3.8) is 0 Å². The third kappa shape index (κ3) is 3.39. The van der Waals surface area contributed by atoms with Crippen LogP contribution in [0.1, 0.15) is 24.1 Å². The Morgan fingerprint density at radius 2 is 1.73 bits per heavy atom. The molecule has 1 amide bonds. The summed E-state index contributed by atoms with van der Waals surface area (Å²) in [5, 5.41) is 10.2. The van der Waals surface area contributed by atoms with E-state index in [0.29, 0.717) is 5.56 Å². The number of halogens is 3. The highest BCUT2D eigenvalue weighted by Crippen LogP contribution is 2.39. The first kappa shape index (κ1) is 18.3. The van der Waals surface area contributed by atoms with Gasteiger partial charge in [-0.2, -0.15) is 0 Å². The monoisotopic (exact) mass is 421 g/mol. The molecule has 0 saturated heterocycles. The lowest BCUT2D eigenvalue weighted by Crippen LogP contribution is -2.30. The minimum absolute atomic E-state index is 0.0332. The molecule has 1 atom stereocenters. The van der Waals surface area contributed by atoms with Gasteiger partial charge in [0.25, 0.3) is 5.91 Å². The van der Waals surface area contributed by atoms with Gasteiger partial charge in [-0.15, -0.1) is 0 Å². The Labute approximate surface area is 156 Å². The van der Waals surface area contributed by atoms with Crippen molar-refractivity contribution in [3.8, 4) is 0 Å². The number of rotatable bonds is 4. The number of Topliss-reactive ketones (excluding diaryl/α,β-unsaturated/α-hetero) is 1. The summed E-state index contributed by atoms with van der Waals surface area (Å²) >= 11 is 3.31. The van der Waals surface area contributed by atoms with Gasteiger partial charge in [-0.25, -0.2) is 8.78 Å². The summed E-state index contributed by atoms with van der Waals surface area (Å²) < 4.78 is 27.8. The van der Waals surface area contributed by atoms with Crippen molar-refractivity contribution < 1.29 is 23.5 Å². The van der Waals surface area contributed by atoms with E-state index in [4.69, 9.17) is 0 Å². The summed E-state index contributed by atoms with van der Waals surface area (Å²) in [6, 6.07) is 9.03. The van der Waals surface area contributed by atoms with Crippen LogP contribution in [0.25, 0.3) is 0 Å². The normalized spacial score (nSPS) is 17.2. The van der Waals surface area contributed by atoms with E-state index >= 15 is 0 Å². The number of ketones is 1. The van der Waals surface area contributed by atoms with Crippen LogP contribution >= 0.6 is 15.9 Å². The molecule has 4 nitrogen and oxygen atoms in total. The summed E-state index contributed by atoms with van der Waals surface area (Å²) in [6.07, 6.45) is 0. The molecule has 0 radical (unpaired) electrons. The fraction of sp³-hybridized carbons (Fsp3) is 0.158. The number of hydrogen-bond acceptors (Lipinski definition) is 3. The van der Waals surface area contributed by atoms with Gasteiger partial charge in [-0.1, -0.05) is 28.1 Å². The van der Waals surface area contributed by atoms with Crippen molar-refractivity contribution in [2.45, 2.75) is 19.5 Å². The van der Waals surface area contributed by atoms with Crippen LogP contribution < -0.4 is 0 Å². The molecule has 1 aliphatic rings. The molecule has 0 fully saturated rings. The molecule has 7 heteroatoms.